The minimum absolute atomic E-state index is 0.145. The van der Waals surface area contributed by atoms with Gasteiger partial charge < -0.3 is 11.1 Å². The van der Waals surface area contributed by atoms with Crippen LogP contribution < -0.4 is 16.4 Å². The fraction of sp³-hybridized carbons (Fsp3) is 0.400. The first kappa shape index (κ1) is 16.3. The summed E-state index contributed by atoms with van der Waals surface area (Å²) in [5.74, 6) is 0.152. The number of aromatic nitrogens is 1. The van der Waals surface area contributed by atoms with Gasteiger partial charge >= 0.3 is 6.03 Å². The summed E-state index contributed by atoms with van der Waals surface area (Å²) in [7, 11) is 0. The van der Waals surface area contributed by atoms with E-state index in [2.05, 4.69) is 32.8 Å². The number of urea groups is 1. The molecule has 0 unspecified atom stereocenters. The van der Waals surface area contributed by atoms with Crippen LogP contribution in [0.25, 0.3) is 0 Å². The van der Waals surface area contributed by atoms with Gasteiger partial charge in [0, 0.05) is 12.7 Å². The molecule has 1 heterocycles. The summed E-state index contributed by atoms with van der Waals surface area (Å²) in [6.45, 7) is 0.511. The van der Waals surface area contributed by atoms with Crippen LogP contribution in [0.15, 0.2) is 35.5 Å². The lowest BCUT2D eigenvalue weighted by Crippen LogP contribution is -2.44. The standard InChI is InChI=1S/C15H20ClN5O/c16-12-7-3-9-18-13(12)8-4-10-19-15(22)21-14(17)20-11-5-1-2-6-11/h1-3,7,9,11H,4-6,8,10H2,(H4,17,19,20,21,22). The smallest absolute Gasteiger partial charge is 0.321 e. The molecular weight excluding hydrogens is 302 g/mol. The zero-order valence-corrected chi connectivity index (χ0v) is 13.0. The highest BCUT2D eigenvalue weighted by molar-refractivity contribution is 6.31. The molecule has 0 saturated carbocycles. The summed E-state index contributed by atoms with van der Waals surface area (Å²) in [5, 5.41) is 5.90. The number of aryl methyl sites for hydroxylation is 1. The summed E-state index contributed by atoms with van der Waals surface area (Å²) in [6, 6.07) is 3.39. The van der Waals surface area contributed by atoms with Crippen LogP contribution in [0.3, 0.4) is 0 Å². The van der Waals surface area contributed by atoms with Crippen LogP contribution in [-0.4, -0.2) is 29.6 Å². The van der Waals surface area contributed by atoms with Gasteiger partial charge in [-0.25, -0.2) is 9.79 Å². The lowest BCUT2D eigenvalue weighted by molar-refractivity contribution is 0.245. The number of guanidine groups is 1. The molecular formula is C15H20ClN5O. The monoisotopic (exact) mass is 321 g/mol. The van der Waals surface area contributed by atoms with E-state index in [1.54, 1.807) is 18.3 Å². The number of carbonyl (C=O) groups excluding carboxylic acids is 1. The van der Waals surface area contributed by atoms with E-state index < -0.39 is 0 Å². The normalized spacial score (nSPS) is 15.0. The van der Waals surface area contributed by atoms with E-state index in [0.717, 1.165) is 25.0 Å². The zero-order chi connectivity index (χ0) is 15.8. The van der Waals surface area contributed by atoms with Crippen LogP contribution in [0.5, 0.6) is 0 Å². The van der Waals surface area contributed by atoms with Crippen LogP contribution >= 0.6 is 11.6 Å². The van der Waals surface area contributed by atoms with E-state index in [4.69, 9.17) is 17.3 Å². The summed E-state index contributed by atoms with van der Waals surface area (Å²) >= 11 is 6.02. The van der Waals surface area contributed by atoms with Crippen molar-refractivity contribution in [3.8, 4) is 0 Å². The number of hydrogen-bond donors (Lipinski definition) is 3. The molecule has 0 atom stereocenters. The van der Waals surface area contributed by atoms with Crippen molar-refractivity contribution in [2.45, 2.75) is 31.7 Å². The molecule has 6 nitrogen and oxygen atoms in total. The minimum atomic E-state index is -0.348. The van der Waals surface area contributed by atoms with Gasteiger partial charge in [-0.15, -0.1) is 0 Å². The zero-order valence-electron chi connectivity index (χ0n) is 12.3. The van der Waals surface area contributed by atoms with Crippen LogP contribution in [0, 0.1) is 0 Å². The Morgan fingerprint density at radius 3 is 2.95 bits per heavy atom. The molecule has 7 heteroatoms. The predicted octanol–water partition coefficient (Wildman–Crippen LogP) is 2.00. The largest absolute Gasteiger partial charge is 0.370 e. The van der Waals surface area contributed by atoms with Gasteiger partial charge in [-0.1, -0.05) is 23.8 Å². The van der Waals surface area contributed by atoms with Gasteiger partial charge in [-0.05, 0) is 37.8 Å². The third-order valence-electron chi connectivity index (χ3n) is 3.26. The van der Waals surface area contributed by atoms with Gasteiger partial charge in [-0.3, -0.25) is 10.3 Å². The molecule has 0 aromatic carbocycles. The molecule has 4 N–H and O–H groups in total. The molecule has 0 aliphatic heterocycles. The maximum Gasteiger partial charge on any atom is 0.321 e. The topological polar surface area (TPSA) is 92.4 Å². The number of nitrogens with one attached hydrogen (secondary N) is 2. The fourth-order valence-corrected chi connectivity index (χ4v) is 2.37. The van der Waals surface area contributed by atoms with Crippen LogP contribution in [0.1, 0.15) is 25.0 Å². The van der Waals surface area contributed by atoms with Gasteiger partial charge in [-0.2, -0.15) is 0 Å². The minimum Gasteiger partial charge on any atom is -0.370 e. The number of nitrogens with zero attached hydrogens (tertiary/aromatic N) is 2. The van der Waals surface area contributed by atoms with Crippen molar-refractivity contribution in [1.82, 2.24) is 15.6 Å². The van der Waals surface area contributed by atoms with Crippen molar-refractivity contribution in [2.24, 2.45) is 10.7 Å². The van der Waals surface area contributed by atoms with Crippen LogP contribution in [0.2, 0.25) is 5.02 Å². The van der Waals surface area contributed by atoms with Crippen molar-refractivity contribution in [2.75, 3.05) is 6.54 Å². The lowest BCUT2D eigenvalue weighted by Gasteiger charge is -2.09. The van der Waals surface area contributed by atoms with Crippen molar-refractivity contribution in [3.05, 3.63) is 41.2 Å². The first-order chi connectivity index (χ1) is 10.6. The molecule has 0 spiro atoms. The van der Waals surface area contributed by atoms with Gasteiger partial charge in [0.2, 0.25) is 0 Å². The second-order valence-electron chi connectivity index (χ2n) is 5.03. The second kappa shape index (κ2) is 8.38. The van der Waals surface area contributed by atoms with Gasteiger partial charge in [0.15, 0.2) is 5.96 Å². The summed E-state index contributed by atoms with van der Waals surface area (Å²) in [4.78, 5) is 20.1. The van der Waals surface area contributed by atoms with Crippen molar-refractivity contribution < 1.29 is 4.79 Å². The molecule has 2 rings (SSSR count). The molecule has 0 radical (unpaired) electrons. The Labute approximate surface area is 134 Å². The molecule has 1 aliphatic rings. The number of aliphatic imine (C=N–C) groups is 1. The van der Waals surface area contributed by atoms with E-state index in [9.17, 15) is 4.79 Å². The molecule has 1 aromatic rings. The fourth-order valence-electron chi connectivity index (χ4n) is 2.16. The van der Waals surface area contributed by atoms with E-state index in [0.29, 0.717) is 18.0 Å². The van der Waals surface area contributed by atoms with Crippen molar-refractivity contribution in [1.29, 1.82) is 0 Å². The van der Waals surface area contributed by atoms with Gasteiger partial charge in [0.25, 0.3) is 0 Å². The quantitative estimate of drug-likeness (QED) is 0.335. The summed E-state index contributed by atoms with van der Waals surface area (Å²) < 4.78 is 0. The Balaban J connectivity index is 1.64. The molecule has 1 aliphatic carbocycles. The Hall–Kier alpha value is -2.08. The molecule has 0 saturated heterocycles. The Kier molecular flexibility index (Phi) is 6.21. The average Bonchev–Trinajstić information content (AvgIpc) is 2.98. The van der Waals surface area contributed by atoms with E-state index >= 15 is 0 Å². The number of hydrogen-bond acceptors (Lipinski definition) is 3. The maximum absolute atomic E-state index is 11.7. The van der Waals surface area contributed by atoms with E-state index in [-0.39, 0.29) is 18.0 Å². The van der Waals surface area contributed by atoms with Crippen LogP contribution in [0.4, 0.5) is 4.79 Å². The number of rotatable bonds is 5. The Morgan fingerprint density at radius 1 is 1.45 bits per heavy atom. The Morgan fingerprint density at radius 2 is 2.23 bits per heavy atom. The number of amides is 2. The number of halogens is 1. The third kappa shape index (κ3) is 5.37. The number of pyridine rings is 1. The van der Waals surface area contributed by atoms with Gasteiger partial charge in [0.1, 0.15) is 0 Å². The number of nitrogens with two attached hydrogens (primary N) is 1. The maximum atomic E-state index is 11.7. The van der Waals surface area contributed by atoms with Crippen molar-refractivity contribution >= 4 is 23.6 Å². The molecule has 2 amide bonds. The van der Waals surface area contributed by atoms with Crippen molar-refractivity contribution in [3.63, 3.8) is 0 Å². The molecule has 118 valence electrons. The van der Waals surface area contributed by atoms with Gasteiger partial charge in [0.05, 0.1) is 16.8 Å². The summed E-state index contributed by atoms with van der Waals surface area (Å²) in [6.07, 6.45) is 9.01. The molecule has 1 aromatic heterocycles. The average molecular weight is 322 g/mol. The lowest BCUT2D eigenvalue weighted by atomic mass is 10.2. The first-order valence-electron chi connectivity index (χ1n) is 7.27. The Bertz CT molecular complexity index is 565. The molecule has 22 heavy (non-hydrogen) atoms. The van der Waals surface area contributed by atoms with E-state index in [1.807, 2.05) is 0 Å². The second-order valence-corrected chi connectivity index (χ2v) is 5.43. The summed E-state index contributed by atoms with van der Waals surface area (Å²) in [5.41, 5.74) is 6.53. The molecule has 0 bridgehead atoms. The highest BCUT2D eigenvalue weighted by Crippen LogP contribution is 2.13. The predicted molar refractivity (Wildman–Crippen MR) is 87.9 cm³/mol. The number of carbonyl (C=O) groups is 1. The highest BCUT2D eigenvalue weighted by Gasteiger charge is 2.10. The third-order valence-corrected chi connectivity index (χ3v) is 3.60. The van der Waals surface area contributed by atoms with Crippen LogP contribution in [-0.2, 0) is 6.42 Å². The SMILES string of the molecule is NC(=NC1CC=CC1)NC(=O)NCCCc1ncccc1Cl. The highest BCUT2D eigenvalue weighted by atomic mass is 35.5. The molecule has 0 fully saturated rings. The van der Waals surface area contributed by atoms with E-state index in [1.165, 1.54) is 0 Å². The first-order valence-corrected chi connectivity index (χ1v) is 7.65.